The number of rotatable bonds is 16. The van der Waals surface area contributed by atoms with Gasteiger partial charge >= 0.3 is 0 Å². The molecule has 0 atom stereocenters. The molecular weight excluding hydrogens is 1420 g/mol. The minimum atomic E-state index is -0.0105. The van der Waals surface area contributed by atoms with Crippen molar-refractivity contribution in [3.05, 3.63) is 315 Å². The Labute approximate surface area is 675 Å². The predicted octanol–water partition coefficient (Wildman–Crippen LogP) is 21.7. The Kier molecular flexibility index (Phi) is 31.6. The van der Waals surface area contributed by atoms with Crippen molar-refractivity contribution in [1.29, 1.82) is 0 Å². The summed E-state index contributed by atoms with van der Waals surface area (Å²) in [6, 6.07) is 38.1. The zero-order valence-corrected chi connectivity index (χ0v) is 71.5. The van der Waals surface area contributed by atoms with E-state index < -0.39 is 0 Å². The molecule has 0 radical (unpaired) electrons. The summed E-state index contributed by atoms with van der Waals surface area (Å²) in [6.07, 6.45) is 28.4. The SMILES string of the molecule is COc1cc(C(C)C)cnc1-n1cnc(C)c1.Cc1ccc(-n2cnc(C)c2)c(C)c1.Cc1cn(-c2ccc(C(C)C)cc2C)cn1.Cc1cn(-c2ccc(C(C)C)cc2C)cn1.Cc1cn(-c2ccc(C(C)C)cc2CO)cn1.Cc1cn(-c2ccc(C(C)C)cn2)cn1.Cc1ncn(-c2ccc(C(C)C)cc2CO)c1Cl. The second-order valence-corrected chi connectivity index (χ2v) is 31.0. The first-order valence-electron chi connectivity index (χ1n) is 38.8. The van der Waals surface area contributed by atoms with Crippen LogP contribution in [0.2, 0.25) is 5.15 Å². The Bertz CT molecular complexity index is 5140. The molecular formula is C93H117ClN16O3. The number of hydrogen-bond donors (Lipinski definition) is 2. The van der Waals surface area contributed by atoms with E-state index in [1.54, 1.807) is 37.0 Å². The van der Waals surface area contributed by atoms with Crippen LogP contribution >= 0.6 is 11.6 Å². The van der Waals surface area contributed by atoms with Gasteiger partial charge in [-0.25, -0.2) is 44.9 Å². The van der Waals surface area contributed by atoms with Crippen LogP contribution in [0.5, 0.6) is 5.75 Å². The highest BCUT2D eigenvalue weighted by molar-refractivity contribution is 6.30. The topological polar surface area (TPSA) is 200 Å². The molecule has 14 rings (SSSR count). The third-order valence-electron chi connectivity index (χ3n) is 19.2. The van der Waals surface area contributed by atoms with Crippen LogP contribution in [0.1, 0.15) is 225 Å². The minimum absolute atomic E-state index is 0.0105. The number of hydrogen-bond acceptors (Lipinski definition) is 12. The minimum Gasteiger partial charge on any atom is -0.493 e. The Hall–Kier alpha value is -11.1. The first kappa shape index (κ1) is 87.5. The van der Waals surface area contributed by atoms with Crippen LogP contribution in [-0.2, 0) is 13.2 Å². The van der Waals surface area contributed by atoms with Crippen LogP contribution in [-0.4, -0.2) is 94.1 Å². The molecule has 0 aliphatic carbocycles. The van der Waals surface area contributed by atoms with Crippen LogP contribution in [0.25, 0.3) is 40.1 Å². The molecule has 20 heteroatoms. The highest BCUT2D eigenvalue weighted by Gasteiger charge is 2.16. The van der Waals surface area contributed by atoms with Gasteiger partial charge in [-0.3, -0.25) is 13.7 Å². The maximum Gasteiger partial charge on any atom is 0.180 e. The molecule has 0 aliphatic heterocycles. The van der Waals surface area contributed by atoms with Crippen molar-refractivity contribution in [2.75, 3.05) is 7.11 Å². The van der Waals surface area contributed by atoms with Gasteiger partial charge in [0.2, 0.25) is 0 Å². The number of nitrogens with zero attached hydrogens (tertiary/aromatic N) is 16. The smallest absolute Gasteiger partial charge is 0.180 e. The van der Waals surface area contributed by atoms with Gasteiger partial charge in [-0.05, 0) is 204 Å². The molecule has 0 amide bonds. The molecule has 594 valence electrons. The molecule has 5 aromatic carbocycles. The fourth-order valence-corrected chi connectivity index (χ4v) is 12.5. The lowest BCUT2D eigenvalue weighted by molar-refractivity contribution is 0.281. The zero-order chi connectivity index (χ0) is 82.5. The number of aromatic nitrogens is 16. The van der Waals surface area contributed by atoms with Crippen molar-refractivity contribution in [1.82, 2.24) is 76.8 Å². The van der Waals surface area contributed by atoms with E-state index in [0.717, 1.165) is 79.7 Å². The van der Waals surface area contributed by atoms with Crippen molar-refractivity contribution in [2.24, 2.45) is 0 Å². The van der Waals surface area contributed by atoms with Gasteiger partial charge in [0.15, 0.2) is 11.6 Å². The van der Waals surface area contributed by atoms with E-state index in [9.17, 15) is 10.2 Å². The summed E-state index contributed by atoms with van der Waals surface area (Å²) < 4.78 is 19.2. The van der Waals surface area contributed by atoms with Crippen LogP contribution < -0.4 is 4.74 Å². The first-order valence-corrected chi connectivity index (χ1v) is 39.1. The van der Waals surface area contributed by atoms with Gasteiger partial charge in [0.1, 0.15) is 30.0 Å². The van der Waals surface area contributed by atoms with Crippen molar-refractivity contribution in [3.8, 4) is 45.8 Å². The third kappa shape index (κ3) is 24.2. The summed E-state index contributed by atoms with van der Waals surface area (Å²) in [5.41, 5.74) is 27.0. The van der Waals surface area contributed by atoms with Crippen LogP contribution in [0.4, 0.5) is 0 Å². The van der Waals surface area contributed by atoms with Crippen LogP contribution in [0.3, 0.4) is 0 Å². The van der Waals surface area contributed by atoms with Gasteiger partial charge in [0.25, 0.3) is 0 Å². The lowest BCUT2D eigenvalue weighted by Gasteiger charge is -2.13. The lowest BCUT2D eigenvalue weighted by Crippen LogP contribution is -2.01. The molecule has 0 aliphatic rings. The summed E-state index contributed by atoms with van der Waals surface area (Å²) >= 11 is 6.19. The number of benzene rings is 5. The highest BCUT2D eigenvalue weighted by Crippen LogP contribution is 2.30. The van der Waals surface area contributed by atoms with Crippen molar-refractivity contribution in [3.63, 3.8) is 0 Å². The van der Waals surface area contributed by atoms with Crippen molar-refractivity contribution < 1.29 is 14.9 Å². The Morgan fingerprint density at radius 2 is 0.664 bits per heavy atom. The summed E-state index contributed by atoms with van der Waals surface area (Å²) in [7, 11) is 1.66. The number of imidazole rings is 7. The number of halogens is 1. The van der Waals surface area contributed by atoms with E-state index >= 15 is 0 Å². The van der Waals surface area contributed by atoms with Gasteiger partial charge in [-0.1, -0.05) is 167 Å². The molecule has 0 spiro atoms. The Morgan fingerprint density at radius 3 is 1.00 bits per heavy atom. The zero-order valence-electron chi connectivity index (χ0n) is 70.8. The number of methoxy groups -OCH3 is 1. The molecule has 113 heavy (non-hydrogen) atoms. The average Bonchev–Trinajstić information content (AvgIpc) is 1.75. The van der Waals surface area contributed by atoms with E-state index in [1.165, 1.54) is 72.7 Å². The highest BCUT2D eigenvalue weighted by atomic mass is 35.5. The molecule has 9 aromatic heterocycles. The molecule has 0 bridgehead atoms. The van der Waals surface area contributed by atoms with Gasteiger partial charge in [0.05, 0.1) is 96.9 Å². The average molecular weight is 1540 g/mol. The summed E-state index contributed by atoms with van der Waals surface area (Å²) in [6.45, 7) is 48.4. The maximum atomic E-state index is 9.51. The number of pyridine rings is 2. The predicted molar refractivity (Wildman–Crippen MR) is 461 cm³/mol. The van der Waals surface area contributed by atoms with Gasteiger partial charge in [-0.15, -0.1) is 0 Å². The van der Waals surface area contributed by atoms with E-state index in [2.05, 4.69) is 261 Å². The molecule has 19 nitrogen and oxygen atoms in total. The van der Waals surface area contributed by atoms with E-state index in [4.69, 9.17) is 16.3 Å². The fourth-order valence-electron chi connectivity index (χ4n) is 12.3. The maximum absolute atomic E-state index is 9.51. The number of ether oxygens (including phenoxy) is 1. The largest absolute Gasteiger partial charge is 0.493 e. The second kappa shape index (κ2) is 40.9. The molecule has 9 heterocycles. The summed E-state index contributed by atoms with van der Waals surface area (Å²) in [4.78, 5) is 38.3. The van der Waals surface area contributed by atoms with Crippen LogP contribution in [0.15, 0.2) is 203 Å². The molecule has 0 saturated carbocycles. The lowest BCUT2D eigenvalue weighted by atomic mass is 10.00. The Balaban J connectivity index is 0.000000165. The monoisotopic (exact) mass is 1540 g/mol. The summed E-state index contributed by atoms with van der Waals surface area (Å²) in [5.74, 6) is 5.50. The first-order chi connectivity index (χ1) is 53.7. The van der Waals surface area contributed by atoms with E-state index in [0.29, 0.717) is 40.7 Å². The quantitative estimate of drug-likeness (QED) is 0.0929. The molecule has 0 saturated heterocycles. The molecule has 2 N–H and O–H groups in total. The van der Waals surface area contributed by atoms with Gasteiger partial charge in [0, 0.05) is 77.8 Å². The van der Waals surface area contributed by atoms with Crippen molar-refractivity contribution >= 4 is 11.6 Å². The normalized spacial score (nSPS) is 11.0. The van der Waals surface area contributed by atoms with Crippen LogP contribution in [0, 0.1) is 76.2 Å². The molecule has 0 unspecified atom stereocenters. The van der Waals surface area contributed by atoms with Gasteiger partial charge in [-0.2, -0.15) is 0 Å². The number of aliphatic hydroxyl groups excluding tert-OH is 2. The standard InChI is InChI=1S/C14H17ClN2O.C14H18N2O.2C14H18N2.C13H17N3O.C12H15N3.C12H14N2/c1-9(2)11-4-5-13(12(6-11)7-18)17-8-16-10(3)14(17)15;1-10(2)12-4-5-14(13(6-12)8-17)16-7-11(3)15-9-16;2*1-10(2)13-5-6-14(11(3)7-13)16-8-12(4)15-9-16;1-9(2)11-5-12(17-4)13(14-6-11)16-7-10(3)15-8-16;1-9(2)11-4-5-12(13-6-11)15-7-10(3)14-8-15;1-9-4-5-12(10(2)6-9)14-7-11(3)13-8-14/h4-6,8-9,18H,7H2,1-3H3;4-7,9-10,17H,8H2,1-3H3;2*5-10H,1-4H3;5-9H,1-4H3;4-9H,1-3H3;4-8H,1-3H3. The molecule has 14 aromatic rings. The Morgan fingerprint density at radius 1 is 0.327 bits per heavy atom. The number of aryl methyl sites for hydroxylation is 11. The molecule has 0 fully saturated rings. The van der Waals surface area contributed by atoms with E-state index in [1.807, 2.05) is 149 Å². The number of aliphatic hydroxyl groups is 2. The summed E-state index contributed by atoms with van der Waals surface area (Å²) in [5, 5.41) is 19.6. The second-order valence-electron chi connectivity index (χ2n) is 30.7. The van der Waals surface area contributed by atoms with Gasteiger partial charge < -0.3 is 33.2 Å². The fraction of sp³-hybridized carbons (Fsp3) is 0.344. The third-order valence-corrected chi connectivity index (χ3v) is 19.7. The van der Waals surface area contributed by atoms with E-state index in [-0.39, 0.29) is 13.2 Å². The van der Waals surface area contributed by atoms with Crippen molar-refractivity contribution in [2.45, 2.75) is 208 Å².